The second-order valence-corrected chi connectivity index (χ2v) is 4.83. The van der Waals surface area contributed by atoms with Gasteiger partial charge in [0.25, 0.3) is 5.56 Å². The highest BCUT2D eigenvalue weighted by atomic mass is 19.4. The fraction of sp³-hybridized carbons (Fsp3) is 0.214. The van der Waals surface area contributed by atoms with E-state index in [4.69, 9.17) is 0 Å². The summed E-state index contributed by atoms with van der Waals surface area (Å²) in [4.78, 5) is 22.8. The first kappa shape index (κ1) is 14.3. The molecule has 0 unspecified atom stereocenters. The Morgan fingerprint density at radius 3 is 2.50 bits per heavy atom. The highest BCUT2D eigenvalue weighted by Gasteiger charge is 2.34. The SMILES string of the molecule is Cc1nc2nc(C)n(-c3ccccc3C(F)(F)F)c2c(=O)[nH]1. The summed E-state index contributed by atoms with van der Waals surface area (Å²) in [6, 6.07) is 5.05. The van der Waals surface area contributed by atoms with E-state index in [0.717, 1.165) is 6.07 Å². The Labute approximate surface area is 122 Å². The van der Waals surface area contributed by atoms with E-state index in [1.807, 2.05) is 0 Å². The van der Waals surface area contributed by atoms with E-state index in [0.29, 0.717) is 5.82 Å². The average molecular weight is 308 g/mol. The standard InChI is InChI=1S/C14H11F3N4O/c1-7-18-12-11(13(22)19-7)21(8(2)20-12)10-6-4-3-5-9(10)14(15,16)17/h3-6H,1-2H3,(H,18,19,22). The molecule has 0 saturated carbocycles. The number of rotatable bonds is 1. The monoisotopic (exact) mass is 308 g/mol. The molecule has 1 aromatic carbocycles. The van der Waals surface area contributed by atoms with Gasteiger partial charge in [0.15, 0.2) is 11.2 Å². The van der Waals surface area contributed by atoms with Crippen LogP contribution in [0.4, 0.5) is 13.2 Å². The number of para-hydroxylation sites is 1. The highest BCUT2D eigenvalue weighted by Crippen LogP contribution is 2.34. The van der Waals surface area contributed by atoms with Crippen LogP contribution in [0.1, 0.15) is 17.2 Å². The van der Waals surface area contributed by atoms with Gasteiger partial charge < -0.3 is 4.98 Å². The van der Waals surface area contributed by atoms with Crippen LogP contribution in [-0.4, -0.2) is 19.5 Å². The van der Waals surface area contributed by atoms with Crippen molar-refractivity contribution in [3.8, 4) is 5.69 Å². The van der Waals surface area contributed by atoms with E-state index in [1.165, 1.54) is 29.7 Å². The molecular weight excluding hydrogens is 297 g/mol. The lowest BCUT2D eigenvalue weighted by molar-refractivity contribution is -0.137. The summed E-state index contributed by atoms with van der Waals surface area (Å²) in [5, 5.41) is 0. The normalized spacial score (nSPS) is 12.0. The lowest BCUT2D eigenvalue weighted by atomic mass is 10.1. The van der Waals surface area contributed by atoms with Gasteiger partial charge >= 0.3 is 6.18 Å². The van der Waals surface area contributed by atoms with Gasteiger partial charge in [0.05, 0.1) is 11.3 Å². The molecule has 1 N–H and O–H groups in total. The second-order valence-electron chi connectivity index (χ2n) is 4.83. The van der Waals surface area contributed by atoms with Crippen LogP contribution >= 0.6 is 0 Å². The summed E-state index contributed by atoms with van der Waals surface area (Å²) in [6.07, 6.45) is -4.54. The maximum Gasteiger partial charge on any atom is 0.418 e. The van der Waals surface area contributed by atoms with Gasteiger partial charge in [0.2, 0.25) is 0 Å². The average Bonchev–Trinajstić information content (AvgIpc) is 2.74. The summed E-state index contributed by atoms with van der Waals surface area (Å²) >= 11 is 0. The summed E-state index contributed by atoms with van der Waals surface area (Å²) in [7, 11) is 0. The molecule has 0 bridgehead atoms. The van der Waals surface area contributed by atoms with Crippen LogP contribution in [0.25, 0.3) is 16.9 Å². The summed E-state index contributed by atoms with van der Waals surface area (Å²) in [5.41, 5.74) is -1.39. The Morgan fingerprint density at radius 2 is 1.82 bits per heavy atom. The molecule has 0 spiro atoms. The molecule has 0 aliphatic heterocycles. The van der Waals surface area contributed by atoms with E-state index in [2.05, 4.69) is 15.0 Å². The number of benzene rings is 1. The van der Waals surface area contributed by atoms with Crippen molar-refractivity contribution in [1.82, 2.24) is 19.5 Å². The molecule has 0 radical (unpaired) electrons. The third-order valence-corrected chi connectivity index (χ3v) is 3.26. The number of H-pyrrole nitrogens is 1. The van der Waals surface area contributed by atoms with Gasteiger partial charge in [-0.3, -0.25) is 9.36 Å². The van der Waals surface area contributed by atoms with Crippen LogP contribution < -0.4 is 5.56 Å². The number of hydrogen-bond donors (Lipinski definition) is 1. The number of aromatic amines is 1. The van der Waals surface area contributed by atoms with Gasteiger partial charge in [-0.25, -0.2) is 9.97 Å². The molecule has 3 aromatic rings. The number of imidazole rings is 1. The van der Waals surface area contributed by atoms with Crippen LogP contribution in [-0.2, 0) is 6.18 Å². The number of aryl methyl sites for hydroxylation is 2. The maximum atomic E-state index is 13.2. The first-order valence-electron chi connectivity index (χ1n) is 6.41. The molecule has 2 aromatic heterocycles. The van der Waals surface area contributed by atoms with Gasteiger partial charge in [-0.05, 0) is 26.0 Å². The molecule has 0 amide bonds. The minimum Gasteiger partial charge on any atom is -0.309 e. The van der Waals surface area contributed by atoms with Gasteiger partial charge in [-0.2, -0.15) is 13.2 Å². The summed E-state index contributed by atoms with van der Waals surface area (Å²) in [6.45, 7) is 3.11. The smallest absolute Gasteiger partial charge is 0.309 e. The van der Waals surface area contributed by atoms with Crippen molar-refractivity contribution in [2.45, 2.75) is 20.0 Å². The largest absolute Gasteiger partial charge is 0.418 e. The zero-order valence-electron chi connectivity index (χ0n) is 11.7. The molecule has 0 atom stereocenters. The van der Waals surface area contributed by atoms with Crippen LogP contribution in [0.2, 0.25) is 0 Å². The van der Waals surface area contributed by atoms with Crippen molar-refractivity contribution in [2.75, 3.05) is 0 Å². The van der Waals surface area contributed by atoms with E-state index in [9.17, 15) is 18.0 Å². The molecular formula is C14H11F3N4O. The number of fused-ring (bicyclic) bond motifs is 1. The number of nitrogens with zero attached hydrogens (tertiary/aromatic N) is 3. The van der Waals surface area contributed by atoms with E-state index in [-0.39, 0.29) is 22.7 Å². The third kappa shape index (κ3) is 2.16. The molecule has 3 rings (SSSR count). The minimum absolute atomic E-state index is 0.000185. The number of hydrogen-bond acceptors (Lipinski definition) is 3. The van der Waals surface area contributed by atoms with Gasteiger partial charge in [0, 0.05) is 0 Å². The van der Waals surface area contributed by atoms with Crippen molar-refractivity contribution < 1.29 is 13.2 Å². The number of alkyl halides is 3. The summed E-state index contributed by atoms with van der Waals surface area (Å²) in [5.74, 6) is 0.613. The van der Waals surface area contributed by atoms with Crippen molar-refractivity contribution in [3.05, 3.63) is 51.8 Å². The van der Waals surface area contributed by atoms with Crippen LogP contribution in [0.15, 0.2) is 29.1 Å². The Bertz CT molecular complexity index is 924. The molecule has 8 heteroatoms. The maximum absolute atomic E-state index is 13.2. The Hall–Kier alpha value is -2.64. The zero-order valence-corrected chi connectivity index (χ0v) is 11.7. The number of nitrogens with one attached hydrogen (secondary N) is 1. The number of halogens is 3. The Balaban J connectivity index is 2.43. The molecule has 0 saturated heterocycles. The molecule has 0 fully saturated rings. The minimum atomic E-state index is -4.54. The van der Waals surface area contributed by atoms with Crippen molar-refractivity contribution >= 4 is 11.2 Å². The number of aromatic nitrogens is 4. The van der Waals surface area contributed by atoms with Crippen molar-refractivity contribution in [3.63, 3.8) is 0 Å². The summed E-state index contributed by atoms with van der Waals surface area (Å²) < 4.78 is 40.8. The highest BCUT2D eigenvalue weighted by molar-refractivity contribution is 5.74. The first-order valence-corrected chi connectivity index (χ1v) is 6.41. The van der Waals surface area contributed by atoms with Crippen LogP contribution in [0.3, 0.4) is 0 Å². The van der Waals surface area contributed by atoms with Crippen molar-refractivity contribution in [1.29, 1.82) is 0 Å². The topological polar surface area (TPSA) is 63.6 Å². The van der Waals surface area contributed by atoms with Gasteiger partial charge in [-0.15, -0.1) is 0 Å². The van der Waals surface area contributed by atoms with E-state index >= 15 is 0 Å². The van der Waals surface area contributed by atoms with Crippen LogP contribution in [0, 0.1) is 13.8 Å². The third-order valence-electron chi connectivity index (χ3n) is 3.26. The Morgan fingerprint density at radius 1 is 1.14 bits per heavy atom. The molecule has 5 nitrogen and oxygen atoms in total. The second kappa shape index (κ2) is 4.69. The predicted octanol–water partition coefficient (Wildman–Crippen LogP) is 2.74. The quantitative estimate of drug-likeness (QED) is 0.752. The molecule has 0 aliphatic rings. The predicted molar refractivity (Wildman–Crippen MR) is 74.0 cm³/mol. The van der Waals surface area contributed by atoms with E-state index in [1.54, 1.807) is 6.92 Å². The molecule has 114 valence electrons. The molecule has 2 heterocycles. The molecule has 0 aliphatic carbocycles. The zero-order chi connectivity index (χ0) is 16.1. The first-order chi connectivity index (χ1) is 10.3. The van der Waals surface area contributed by atoms with E-state index < -0.39 is 17.3 Å². The lowest BCUT2D eigenvalue weighted by Crippen LogP contribution is -2.16. The Kier molecular flexibility index (Phi) is 3.05. The van der Waals surface area contributed by atoms with Gasteiger partial charge in [0.1, 0.15) is 11.6 Å². The fourth-order valence-electron chi connectivity index (χ4n) is 2.41. The lowest BCUT2D eigenvalue weighted by Gasteiger charge is -2.14. The van der Waals surface area contributed by atoms with Crippen LogP contribution in [0.5, 0.6) is 0 Å². The fourth-order valence-corrected chi connectivity index (χ4v) is 2.41. The molecule has 22 heavy (non-hydrogen) atoms. The van der Waals surface area contributed by atoms with Gasteiger partial charge in [-0.1, -0.05) is 12.1 Å². The van der Waals surface area contributed by atoms with Crippen molar-refractivity contribution in [2.24, 2.45) is 0 Å².